The van der Waals surface area contributed by atoms with E-state index in [0.29, 0.717) is 11.1 Å². The lowest BCUT2D eigenvalue weighted by Gasteiger charge is -2.21. The largest absolute Gasteiger partial charge is 0.416 e. The molecule has 3 aromatic carbocycles. The number of rotatable bonds is 2. The standard InChI is InChI=1S/C21H14F3NS/c1-13(14-6-9-16(10-7-14)21(22,23)24)15-8-11-20-18(12-15)25-17-4-2-3-5-19(17)26-20/h2-12,25H,1H2. The highest BCUT2D eigenvalue weighted by molar-refractivity contribution is 7.99. The van der Waals surface area contributed by atoms with E-state index in [9.17, 15) is 13.2 Å². The SMILES string of the molecule is C=C(c1ccc(C(F)(F)F)cc1)c1ccc2c(c1)Nc1ccccc1S2. The van der Waals surface area contributed by atoms with Gasteiger partial charge < -0.3 is 5.32 Å². The van der Waals surface area contributed by atoms with Crippen LogP contribution in [0, 0.1) is 0 Å². The summed E-state index contributed by atoms with van der Waals surface area (Å²) in [6.45, 7) is 4.06. The molecule has 0 unspecified atom stereocenters. The summed E-state index contributed by atoms with van der Waals surface area (Å²) in [5.41, 5.74) is 3.58. The van der Waals surface area contributed by atoms with E-state index in [4.69, 9.17) is 0 Å². The Morgan fingerprint density at radius 3 is 2.19 bits per heavy atom. The highest BCUT2D eigenvalue weighted by Crippen LogP contribution is 2.45. The topological polar surface area (TPSA) is 12.0 Å². The summed E-state index contributed by atoms with van der Waals surface area (Å²) in [6.07, 6.45) is -4.33. The summed E-state index contributed by atoms with van der Waals surface area (Å²) in [5.74, 6) is 0. The number of hydrogen-bond donors (Lipinski definition) is 1. The second-order valence-electron chi connectivity index (χ2n) is 5.99. The van der Waals surface area contributed by atoms with Crippen molar-refractivity contribution in [2.75, 3.05) is 5.32 Å². The first-order valence-electron chi connectivity index (χ1n) is 7.97. The fourth-order valence-corrected chi connectivity index (χ4v) is 3.82. The van der Waals surface area contributed by atoms with Crippen LogP contribution in [0.3, 0.4) is 0 Å². The maximum Gasteiger partial charge on any atom is 0.416 e. The Morgan fingerprint density at radius 2 is 1.46 bits per heavy atom. The van der Waals surface area contributed by atoms with E-state index in [-0.39, 0.29) is 0 Å². The number of anilines is 2. The molecule has 1 heterocycles. The van der Waals surface area contributed by atoms with Crippen LogP contribution in [-0.2, 0) is 6.18 Å². The molecule has 1 nitrogen and oxygen atoms in total. The molecule has 0 spiro atoms. The first-order chi connectivity index (χ1) is 12.4. The van der Waals surface area contributed by atoms with Gasteiger partial charge in [-0.3, -0.25) is 0 Å². The maximum absolute atomic E-state index is 12.7. The van der Waals surface area contributed by atoms with Gasteiger partial charge in [0.1, 0.15) is 0 Å². The highest BCUT2D eigenvalue weighted by atomic mass is 32.2. The van der Waals surface area contributed by atoms with Crippen molar-refractivity contribution in [2.24, 2.45) is 0 Å². The minimum Gasteiger partial charge on any atom is -0.354 e. The number of alkyl halides is 3. The minimum absolute atomic E-state index is 0.658. The Kier molecular flexibility index (Phi) is 4.04. The quantitative estimate of drug-likeness (QED) is 0.409. The van der Waals surface area contributed by atoms with Crippen LogP contribution in [0.25, 0.3) is 5.57 Å². The highest BCUT2D eigenvalue weighted by Gasteiger charge is 2.30. The van der Waals surface area contributed by atoms with E-state index in [1.807, 2.05) is 36.4 Å². The van der Waals surface area contributed by atoms with Crippen LogP contribution in [0.4, 0.5) is 24.5 Å². The first-order valence-corrected chi connectivity index (χ1v) is 8.78. The van der Waals surface area contributed by atoms with Crippen LogP contribution in [0.1, 0.15) is 16.7 Å². The van der Waals surface area contributed by atoms with E-state index < -0.39 is 11.7 Å². The fourth-order valence-electron chi connectivity index (χ4n) is 2.85. The molecule has 5 heteroatoms. The van der Waals surface area contributed by atoms with Crippen LogP contribution in [0.5, 0.6) is 0 Å². The van der Waals surface area contributed by atoms with Crippen molar-refractivity contribution in [3.63, 3.8) is 0 Å². The monoisotopic (exact) mass is 369 g/mol. The Hall–Kier alpha value is -2.66. The third kappa shape index (κ3) is 3.10. The van der Waals surface area contributed by atoms with Gasteiger partial charge in [-0.1, -0.05) is 48.7 Å². The van der Waals surface area contributed by atoms with Gasteiger partial charge in [-0.15, -0.1) is 0 Å². The summed E-state index contributed by atoms with van der Waals surface area (Å²) in [6, 6.07) is 19.1. The van der Waals surface area contributed by atoms with Gasteiger partial charge in [-0.05, 0) is 53.1 Å². The van der Waals surface area contributed by atoms with Gasteiger partial charge in [0.2, 0.25) is 0 Å². The molecule has 1 N–H and O–H groups in total. The van der Waals surface area contributed by atoms with E-state index in [2.05, 4.69) is 18.0 Å². The summed E-state index contributed by atoms with van der Waals surface area (Å²) in [4.78, 5) is 2.27. The minimum atomic E-state index is -4.33. The van der Waals surface area contributed by atoms with Crippen molar-refractivity contribution < 1.29 is 13.2 Å². The number of hydrogen-bond acceptors (Lipinski definition) is 2. The molecule has 0 atom stereocenters. The molecule has 0 saturated heterocycles. The van der Waals surface area contributed by atoms with Crippen molar-refractivity contribution >= 4 is 28.7 Å². The zero-order valence-corrected chi connectivity index (χ0v) is 14.4. The van der Waals surface area contributed by atoms with Crippen molar-refractivity contribution in [3.05, 3.63) is 90.0 Å². The molecule has 4 rings (SSSR count). The second kappa shape index (κ2) is 6.25. The molecular weight excluding hydrogens is 355 g/mol. The summed E-state index contributed by atoms with van der Waals surface area (Å²) < 4.78 is 38.2. The molecule has 0 fully saturated rings. The van der Waals surface area contributed by atoms with Crippen LogP contribution in [0.15, 0.2) is 83.1 Å². The number of para-hydroxylation sites is 1. The molecule has 3 aromatic rings. The van der Waals surface area contributed by atoms with Crippen LogP contribution < -0.4 is 5.32 Å². The number of fused-ring (bicyclic) bond motifs is 2. The van der Waals surface area contributed by atoms with E-state index in [1.165, 1.54) is 12.1 Å². The van der Waals surface area contributed by atoms with Crippen LogP contribution >= 0.6 is 11.8 Å². The van der Waals surface area contributed by atoms with Gasteiger partial charge in [0.25, 0.3) is 0 Å². The van der Waals surface area contributed by atoms with Crippen LogP contribution in [0.2, 0.25) is 0 Å². The van der Waals surface area contributed by atoms with Crippen molar-refractivity contribution in [2.45, 2.75) is 16.0 Å². The van der Waals surface area contributed by atoms with E-state index in [0.717, 1.165) is 38.9 Å². The molecular formula is C21H14F3NS. The van der Waals surface area contributed by atoms with Crippen molar-refractivity contribution in [3.8, 4) is 0 Å². The lowest BCUT2D eigenvalue weighted by molar-refractivity contribution is -0.137. The van der Waals surface area contributed by atoms with E-state index in [1.54, 1.807) is 11.8 Å². The number of benzene rings is 3. The normalized spacial score (nSPS) is 12.7. The lowest BCUT2D eigenvalue weighted by Crippen LogP contribution is -2.04. The first kappa shape index (κ1) is 16.8. The third-order valence-corrected chi connectivity index (χ3v) is 5.42. The summed E-state index contributed by atoms with van der Waals surface area (Å²) in [7, 11) is 0. The molecule has 130 valence electrons. The predicted molar refractivity (Wildman–Crippen MR) is 99.9 cm³/mol. The Bertz CT molecular complexity index is 991. The van der Waals surface area contributed by atoms with E-state index >= 15 is 0 Å². The molecule has 0 aromatic heterocycles. The molecule has 1 aliphatic rings. The molecule has 0 bridgehead atoms. The van der Waals surface area contributed by atoms with Crippen molar-refractivity contribution in [1.29, 1.82) is 0 Å². The van der Waals surface area contributed by atoms with Gasteiger partial charge in [0.15, 0.2) is 0 Å². The summed E-state index contributed by atoms with van der Waals surface area (Å²) >= 11 is 1.69. The van der Waals surface area contributed by atoms with Crippen molar-refractivity contribution in [1.82, 2.24) is 0 Å². The molecule has 1 aliphatic heterocycles. The van der Waals surface area contributed by atoms with Crippen LogP contribution in [-0.4, -0.2) is 0 Å². The zero-order chi connectivity index (χ0) is 18.3. The number of nitrogens with one attached hydrogen (secondary N) is 1. The summed E-state index contributed by atoms with van der Waals surface area (Å²) in [5, 5.41) is 3.41. The molecule has 0 saturated carbocycles. The Balaban J connectivity index is 1.62. The Morgan fingerprint density at radius 1 is 0.808 bits per heavy atom. The smallest absolute Gasteiger partial charge is 0.354 e. The van der Waals surface area contributed by atoms with Gasteiger partial charge in [-0.25, -0.2) is 0 Å². The third-order valence-electron chi connectivity index (χ3n) is 4.27. The number of halogens is 3. The Labute approximate surface area is 153 Å². The fraction of sp³-hybridized carbons (Fsp3) is 0.0476. The average molecular weight is 369 g/mol. The average Bonchev–Trinajstić information content (AvgIpc) is 2.64. The molecule has 26 heavy (non-hydrogen) atoms. The maximum atomic E-state index is 12.7. The van der Waals surface area contributed by atoms with Gasteiger partial charge >= 0.3 is 6.18 Å². The second-order valence-corrected chi connectivity index (χ2v) is 7.07. The van der Waals surface area contributed by atoms with Gasteiger partial charge in [0.05, 0.1) is 16.9 Å². The zero-order valence-electron chi connectivity index (χ0n) is 13.6. The lowest BCUT2D eigenvalue weighted by atomic mass is 9.98. The molecule has 0 aliphatic carbocycles. The molecule has 0 amide bonds. The molecule has 0 radical (unpaired) electrons. The predicted octanol–water partition coefficient (Wildman–Crippen LogP) is 6.98. The van der Waals surface area contributed by atoms with Gasteiger partial charge in [-0.2, -0.15) is 13.2 Å². The van der Waals surface area contributed by atoms with Gasteiger partial charge in [0, 0.05) is 9.79 Å².